The van der Waals surface area contributed by atoms with Gasteiger partial charge in [0.2, 0.25) is 0 Å². The monoisotopic (exact) mass is 436 g/mol. The predicted molar refractivity (Wildman–Crippen MR) is 89.8 cm³/mol. The van der Waals surface area contributed by atoms with E-state index < -0.39 is 28.7 Å². The molecule has 2 N–H and O–H groups in total. The fourth-order valence-electron chi connectivity index (χ4n) is 1.82. The smallest absolute Gasteiger partial charge is 0.343 e. The number of sulfonamides is 1. The molecule has 0 saturated heterocycles. The molecule has 0 heterocycles. The van der Waals surface area contributed by atoms with E-state index in [1.807, 2.05) is 0 Å². The summed E-state index contributed by atoms with van der Waals surface area (Å²) in [4.78, 5) is 11.5. The number of halogens is 4. The Labute approximate surface area is 150 Å². The van der Waals surface area contributed by atoms with Crippen LogP contribution < -0.4 is 10.0 Å². The highest BCUT2D eigenvalue weighted by Gasteiger charge is 2.28. The number of alkyl halides is 3. The van der Waals surface area contributed by atoms with Crippen LogP contribution >= 0.6 is 15.9 Å². The molecule has 2 aromatic carbocycles. The van der Waals surface area contributed by atoms with Gasteiger partial charge in [-0.15, -0.1) is 0 Å². The van der Waals surface area contributed by atoms with Crippen LogP contribution in [0.3, 0.4) is 0 Å². The Morgan fingerprint density at radius 1 is 1.08 bits per heavy atom. The minimum absolute atomic E-state index is 0.192. The maximum absolute atomic E-state index is 12.3. The van der Waals surface area contributed by atoms with Crippen molar-refractivity contribution in [2.45, 2.75) is 11.1 Å². The molecule has 0 aliphatic heterocycles. The average molecular weight is 437 g/mol. The van der Waals surface area contributed by atoms with Crippen LogP contribution in [0.1, 0.15) is 10.4 Å². The zero-order valence-electron chi connectivity index (χ0n) is 12.5. The third-order valence-corrected chi connectivity index (χ3v) is 4.86. The summed E-state index contributed by atoms with van der Waals surface area (Å²) in [5.74, 6) is -1.02. The van der Waals surface area contributed by atoms with Crippen molar-refractivity contribution in [1.29, 1.82) is 0 Å². The van der Waals surface area contributed by atoms with E-state index >= 15 is 0 Å². The Morgan fingerprint density at radius 3 is 2.32 bits per heavy atom. The molecule has 1 amide bonds. The van der Waals surface area contributed by atoms with Crippen molar-refractivity contribution >= 4 is 37.5 Å². The van der Waals surface area contributed by atoms with E-state index in [4.69, 9.17) is 0 Å². The molecule has 0 atom stereocenters. The Bertz CT molecular complexity index is 868. The van der Waals surface area contributed by atoms with Gasteiger partial charge < -0.3 is 5.32 Å². The van der Waals surface area contributed by atoms with Crippen molar-refractivity contribution in [3.05, 3.63) is 58.6 Å². The number of hydrogen-bond acceptors (Lipinski definition) is 3. The number of nitrogens with one attached hydrogen (secondary N) is 2. The highest BCUT2D eigenvalue weighted by Crippen LogP contribution is 2.20. The minimum Gasteiger partial charge on any atom is -0.343 e. The fraction of sp³-hybridized carbons (Fsp3) is 0.133. The maximum atomic E-state index is 12.3. The Balaban J connectivity index is 2.19. The Hall–Kier alpha value is -2.07. The van der Waals surface area contributed by atoms with Gasteiger partial charge in [-0.3, -0.25) is 9.52 Å². The lowest BCUT2D eigenvalue weighted by molar-refractivity contribution is -0.123. The first kappa shape index (κ1) is 19.3. The standard InChI is InChI=1S/C15H12BrF3N2O3S/c16-11-4-6-12(7-5-11)21-25(23,24)13-3-1-2-10(8-13)14(22)20-9-15(17,18)19/h1-8,21H,9H2,(H,20,22). The second kappa shape index (κ2) is 7.44. The van der Waals surface area contributed by atoms with Gasteiger partial charge in [-0.25, -0.2) is 8.42 Å². The van der Waals surface area contributed by atoms with Crippen LogP contribution in [-0.2, 0) is 10.0 Å². The van der Waals surface area contributed by atoms with Crippen molar-refractivity contribution in [2.75, 3.05) is 11.3 Å². The van der Waals surface area contributed by atoms with E-state index in [9.17, 15) is 26.4 Å². The van der Waals surface area contributed by atoms with Gasteiger partial charge in [-0.1, -0.05) is 22.0 Å². The molecule has 2 aromatic rings. The van der Waals surface area contributed by atoms with Gasteiger partial charge in [0.15, 0.2) is 0 Å². The molecule has 0 aromatic heterocycles. The molecule has 2 rings (SSSR count). The van der Waals surface area contributed by atoms with Crippen LogP contribution in [-0.4, -0.2) is 27.0 Å². The van der Waals surface area contributed by atoms with E-state index in [1.54, 1.807) is 17.4 Å². The number of benzene rings is 2. The summed E-state index contributed by atoms with van der Waals surface area (Å²) in [7, 11) is -3.99. The summed E-state index contributed by atoms with van der Waals surface area (Å²) < 4.78 is 64.2. The van der Waals surface area contributed by atoms with Gasteiger partial charge in [-0.2, -0.15) is 13.2 Å². The molecule has 5 nitrogen and oxygen atoms in total. The number of carbonyl (C=O) groups excluding carboxylic acids is 1. The SMILES string of the molecule is O=C(NCC(F)(F)F)c1cccc(S(=O)(=O)Nc2ccc(Br)cc2)c1. The lowest BCUT2D eigenvalue weighted by Crippen LogP contribution is -2.33. The van der Waals surface area contributed by atoms with Crippen LogP contribution in [0.15, 0.2) is 57.9 Å². The van der Waals surface area contributed by atoms with Crippen LogP contribution in [0.2, 0.25) is 0 Å². The lowest BCUT2D eigenvalue weighted by atomic mass is 10.2. The van der Waals surface area contributed by atoms with Crippen molar-refractivity contribution in [3.63, 3.8) is 0 Å². The molecule has 0 fully saturated rings. The topological polar surface area (TPSA) is 75.3 Å². The van der Waals surface area contributed by atoms with Gasteiger partial charge in [0.25, 0.3) is 15.9 Å². The first-order valence-corrected chi connectivity index (χ1v) is 9.08. The van der Waals surface area contributed by atoms with Gasteiger partial charge in [0, 0.05) is 15.7 Å². The molecule has 134 valence electrons. The van der Waals surface area contributed by atoms with E-state index in [-0.39, 0.29) is 10.5 Å². The zero-order chi connectivity index (χ0) is 18.7. The summed E-state index contributed by atoms with van der Waals surface area (Å²) >= 11 is 3.22. The van der Waals surface area contributed by atoms with E-state index in [2.05, 4.69) is 20.7 Å². The molecule has 0 radical (unpaired) electrons. The van der Waals surface area contributed by atoms with Crippen LogP contribution in [0.25, 0.3) is 0 Å². The van der Waals surface area contributed by atoms with Crippen molar-refractivity contribution < 1.29 is 26.4 Å². The molecule has 0 spiro atoms. The summed E-state index contributed by atoms with van der Waals surface area (Å²) in [6, 6.07) is 11.1. The zero-order valence-corrected chi connectivity index (χ0v) is 14.9. The average Bonchev–Trinajstić information content (AvgIpc) is 2.54. The van der Waals surface area contributed by atoms with Crippen molar-refractivity contribution in [2.24, 2.45) is 0 Å². The second-order valence-corrected chi connectivity index (χ2v) is 7.54. The number of rotatable bonds is 5. The van der Waals surface area contributed by atoms with Crippen LogP contribution in [0, 0.1) is 0 Å². The van der Waals surface area contributed by atoms with E-state index in [0.29, 0.717) is 5.69 Å². The summed E-state index contributed by atoms with van der Waals surface area (Å²) in [5, 5.41) is 1.69. The lowest BCUT2D eigenvalue weighted by Gasteiger charge is -2.11. The molecule has 10 heteroatoms. The fourth-order valence-corrected chi connectivity index (χ4v) is 3.19. The first-order valence-electron chi connectivity index (χ1n) is 6.80. The van der Waals surface area contributed by atoms with E-state index in [1.165, 1.54) is 30.3 Å². The highest BCUT2D eigenvalue weighted by atomic mass is 79.9. The predicted octanol–water partition coefficient (Wildman–Crippen LogP) is 3.54. The Morgan fingerprint density at radius 2 is 1.72 bits per heavy atom. The summed E-state index contributed by atoms with van der Waals surface area (Å²) in [6.07, 6.45) is -4.55. The third kappa shape index (κ3) is 5.75. The van der Waals surface area contributed by atoms with Crippen molar-refractivity contribution in [3.8, 4) is 0 Å². The quantitative estimate of drug-likeness (QED) is 0.752. The second-order valence-electron chi connectivity index (χ2n) is 4.94. The summed E-state index contributed by atoms with van der Waals surface area (Å²) in [5.41, 5.74) is 0.109. The first-order chi connectivity index (χ1) is 11.6. The molecule has 25 heavy (non-hydrogen) atoms. The van der Waals surface area contributed by atoms with E-state index in [0.717, 1.165) is 10.5 Å². The normalized spacial score (nSPS) is 11.8. The molecule has 0 aliphatic rings. The third-order valence-electron chi connectivity index (χ3n) is 2.95. The van der Waals surface area contributed by atoms with Crippen LogP contribution in [0.5, 0.6) is 0 Å². The van der Waals surface area contributed by atoms with Gasteiger partial charge in [0.1, 0.15) is 6.54 Å². The number of carbonyl (C=O) groups is 1. The van der Waals surface area contributed by atoms with Gasteiger partial charge >= 0.3 is 6.18 Å². The van der Waals surface area contributed by atoms with Crippen molar-refractivity contribution in [1.82, 2.24) is 5.32 Å². The van der Waals surface area contributed by atoms with Gasteiger partial charge in [-0.05, 0) is 42.5 Å². The number of anilines is 1. The Kier molecular flexibility index (Phi) is 5.73. The largest absolute Gasteiger partial charge is 0.405 e. The maximum Gasteiger partial charge on any atom is 0.405 e. The van der Waals surface area contributed by atoms with Gasteiger partial charge in [0.05, 0.1) is 4.90 Å². The molecular weight excluding hydrogens is 425 g/mol. The molecular formula is C15H12BrF3N2O3S. The molecule has 0 saturated carbocycles. The summed E-state index contributed by atoms with van der Waals surface area (Å²) in [6.45, 7) is -1.50. The number of hydrogen-bond donors (Lipinski definition) is 2. The molecule has 0 bridgehead atoms. The highest BCUT2D eigenvalue weighted by molar-refractivity contribution is 9.10. The molecule has 0 aliphatic carbocycles. The van der Waals surface area contributed by atoms with Crippen LogP contribution in [0.4, 0.5) is 18.9 Å². The molecule has 0 unspecified atom stereocenters. The number of amides is 1. The minimum atomic E-state index is -4.55.